The third-order valence-corrected chi connectivity index (χ3v) is 4.08. The largest absolute Gasteiger partial charge is 0.497 e. The Balaban J connectivity index is 2.12. The maximum atomic E-state index is 12.4. The summed E-state index contributed by atoms with van der Waals surface area (Å²) in [4.78, 5) is 12.4. The minimum absolute atomic E-state index is 0.0779. The highest BCUT2D eigenvalue weighted by molar-refractivity contribution is 9.10. The van der Waals surface area contributed by atoms with Gasteiger partial charge >= 0.3 is 0 Å². The summed E-state index contributed by atoms with van der Waals surface area (Å²) in [5.74, 6) is 0.800. The Morgan fingerprint density at radius 1 is 1.37 bits per heavy atom. The fraction of sp³-hybridized carbons (Fsp3) is 0.500. The van der Waals surface area contributed by atoms with Gasteiger partial charge in [-0.3, -0.25) is 4.79 Å². The molecular formula is C14H19BrN2O2. The molecule has 0 atom stereocenters. The van der Waals surface area contributed by atoms with Crippen LogP contribution in [0.4, 0.5) is 5.69 Å². The Kier molecular flexibility index (Phi) is 4.47. The topological polar surface area (TPSA) is 50.4 Å². The van der Waals surface area contributed by atoms with Crippen LogP contribution in [0.5, 0.6) is 5.75 Å². The van der Waals surface area contributed by atoms with Gasteiger partial charge in [0.1, 0.15) is 5.75 Å². The van der Waals surface area contributed by atoms with Crippen molar-refractivity contribution < 1.29 is 9.53 Å². The molecule has 0 radical (unpaired) electrons. The molecule has 2 N–H and O–H groups in total. The number of ether oxygens (including phenoxy) is 1. The van der Waals surface area contributed by atoms with Crippen molar-refractivity contribution >= 4 is 27.5 Å². The molecule has 1 aromatic carbocycles. The molecule has 0 aromatic heterocycles. The number of hydrogen-bond donors (Lipinski definition) is 2. The fourth-order valence-electron chi connectivity index (χ4n) is 2.24. The molecule has 1 fully saturated rings. The number of anilines is 1. The molecule has 1 saturated heterocycles. The summed E-state index contributed by atoms with van der Waals surface area (Å²) in [6.07, 6.45) is 1.73. The van der Waals surface area contributed by atoms with Crippen LogP contribution < -0.4 is 15.4 Å². The molecule has 19 heavy (non-hydrogen) atoms. The Labute approximate surface area is 122 Å². The SMILES string of the molecule is COc1cc(Br)cc(NC(=O)C2(C)CCNCC2)c1. The predicted octanol–water partition coefficient (Wildman–Crippen LogP) is 2.79. The van der Waals surface area contributed by atoms with E-state index in [0.29, 0.717) is 0 Å². The molecule has 0 spiro atoms. The van der Waals surface area contributed by atoms with Gasteiger partial charge in [-0.25, -0.2) is 0 Å². The first kappa shape index (κ1) is 14.3. The van der Waals surface area contributed by atoms with Crippen molar-refractivity contribution in [1.82, 2.24) is 5.32 Å². The first-order valence-electron chi connectivity index (χ1n) is 6.40. The molecule has 1 amide bonds. The first-order chi connectivity index (χ1) is 9.03. The van der Waals surface area contributed by atoms with Gasteiger partial charge < -0.3 is 15.4 Å². The van der Waals surface area contributed by atoms with E-state index in [0.717, 1.165) is 41.8 Å². The van der Waals surface area contributed by atoms with E-state index in [1.54, 1.807) is 7.11 Å². The van der Waals surface area contributed by atoms with Gasteiger partial charge in [-0.1, -0.05) is 22.9 Å². The lowest BCUT2D eigenvalue weighted by Crippen LogP contribution is -2.42. The van der Waals surface area contributed by atoms with Crippen LogP contribution in [0.2, 0.25) is 0 Å². The highest BCUT2D eigenvalue weighted by atomic mass is 79.9. The lowest BCUT2D eigenvalue weighted by molar-refractivity contribution is -0.126. The van der Waals surface area contributed by atoms with E-state index in [1.807, 2.05) is 25.1 Å². The summed E-state index contributed by atoms with van der Waals surface area (Å²) in [6, 6.07) is 5.57. The lowest BCUT2D eigenvalue weighted by atomic mass is 9.80. The number of hydrogen-bond acceptors (Lipinski definition) is 3. The summed E-state index contributed by atoms with van der Waals surface area (Å²) in [7, 11) is 1.61. The number of nitrogens with one attached hydrogen (secondary N) is 2. The summed E-state index contributed by atoms with van der Waals surface area (Å²) in [5, 5.41) is 6.27. The number of carbonyl (C=O) groups is 1. The smallest absolute Gasteiger partial charge is 0.230 e. The molecule has 4 nitrogen and oxygen atoms in total. The number of carbonyl (C=O) groups excluding carboxylic acids is 1. The quantitative estimate of drug-likeness (QED) is 0.898. The molecule has 0 aliphatic carbocycles. The monoisotopic (exact) mass is 326 g/mol. The van der Waals surface area contributed by atoms with Crippen molar-refractivity contribution in [3.05, 3.63) is 22.7 Å². The number of benzene rings is 1. The predicted molar refractivity (Wildman–Crippen MR) is 79.5 cm³/mol. The second-order valence-corrected chi connectivity index (χ2v) is 6.06. The van der Waals surface area contributed by atoms with Crippen LogP contribution in [0.1, 0.15) is 19.8 Å². The Bertz CT molecular complexity index is 471. The van der Waals surface area contributed by atoms with Crippen molar-refractivity contribution in [3.8, 4) is 5.75 Å². The first-order valence-corrected chi connectivity index (χ1v) is 7.19. The van der Waals surface area contributed by atoms with Crippen molar-refractivity contribution in [3.63, 3.8) is 0 Å². The highest BCUT2D eigenvalue weighted by Crippen LogP contribution is 2.31. The zero-order valence-corrected chi connectivity index (χ0v) is 12.8. The summed E-state index contributed by atoms with van der Waals surface area (Å²) in [6.45, 7) is 3.82. The third kappa shape index (κ3) is 3.48. The molecular weight excluding hydrogens is 308 g/mol. The van der Waals surface area contributed by atoms with Gasteiger partial charge in [0.25, 0.3) is 0 Å². The molecule has 1 aliphatic rings. The fourth-order valence-corrected chi connectivity index (χ4v) is 2.71. The molecule has 0 bridgehead atoms. The molecule has 0 saturated carbocycles. The van der Waals surface area contributed by atoms with Crippen molar-refractivity contribution in [2.24, 2.45) is 5.41 Å². The van der Waals surface area contributed by atoms with Gasteiger partial charge in [0, 0.05) is 21.6 Å². The molecule has 1 aliphatic heterocycles. The molecule has 104 valence electrons. The van der Waals surface area contributed by atoms with Gasteiger partial charge in [-0.05, 0) is 38.1 Å². The minimum atomic E-state index is -0.291. The van der Waals surface area contributed by atoms with E-state index in [-0.39, 0.29) is 11.3 Å². The zero-order chi connectivity index (χ0) is 13.9. The lowest BCUT2D eigenvalue weighted by Gasteiger charge is -2.32. The maximum Gasteiger partial charge on any atom is 0.230 e. The second-order valence-electron chi connectivity index (χ2n) is 5.14. The summed E-state index contributed by atoms with van der Waals surface area (Å²) >= 11 is 3.41. The van der Waals surface area contributed by atoms with Crippen LogP contribution in [-0.2, 0) is 4.79 Å². The zero-order valence-electron chi connectivity index (χ0n) is 11.3. The van der Waals surface area contributed by atoms with E-state index < -0.39 is 0 Å². The summed E-state index contributed by atoms with van der Waals surface area (Å²) in [5.41, 5.74) is 0.469. The molecule has 1 aromatic rings. The van der Waals surface area contributed by atoms with Gasteiger partial charge in [0.05, 0.1) is 7.11 Å². The average molecular weight is 327 g/mol. The standard InChI is InChI=1S/C14H19BrN2O2/c1-14(3-5-16-6-4-14)13(18)17-11-7-10(15)8-12(9-11)19-2/h7-9,16H,3-6H2,1-2H3,(H,17,18). The molecule has 1 heterocycles. The van der Waals surface area contributed by atoms with Crippen molar-refractivity contribution in [2.75, 3.05) is 25.5 Å². The average Bonchev–Trinajstić information content (AvgIpc) is 2.38. The van der Waals surface area contributed by atoms with Crippen LogP contribution in [0, 0.1) is 5.41 Å². The van der Waals surface area contributed by atoms with Gasteiger partial charge in [0.2, 0.25) is 5.91 Å². The third-order valence-electron chi connectivity index (χ3n) is 3.62. The van der Waals surface area contributed by atoms with Crippen molar-refractivity contribution in [2.45, 2.75) is 19.8 Å². The maximum absolute atomic E-state index is 12.4. The molecule has 5 heteroatoms. The normalized spacial score (nSPS) is 17.8. The van der Waals surface area contributed by atoms with Crippen LogP contribution >= 0.6 is 15.9 Å². The van der Waals surface area contributed by atoms with Crippen LogP contribution in [0.25, 0.3) is 0 Å². The number of halogens is 1. The number of piperidine rings is 1. The Morgan fingerprint density at radius 3 is 2.68 bits per heavy atom. The van der Waals surface area contributed by atoms with Crippen molar-refractivity contribution in [1.29, 1.82) is 0 Å². The van der Waals surface area contributed by atoms with Gasteiger partial charge in [-0.15, -0.1) is 0 Å². The van der Waals surface area contributed by atoms with E-state index >= 15 is 0 Å². The molecule has 0 unspecified atom stereocenters. The van der Waals surface area contributed by atoms with Crippen LogP contribution in [0.3, 0.4) is 0 Å². The van der Waals surface area contributed by atoms with E-state index in [4.69, 9.17) is 4.74 Å². The number of rotatable bonds is 3. The number of methoxy groups -OCH3 is 1. The van der Waals surface area contributed by atoms with Gasteiger partial charge in [-0.2, -0.15) is 0 Å². The Morgan fingerprint density at radius 2 is 2.05 bits per heavy atom. The van der Waals surface area contributed by atoms with Crippen LogP contribution in [0.15, 0.2) is 22.7 Å². The highest BCUT2D eigenvalue weighted by Gasteiger charge is 2.34. The van der Waals surface area contributed by atoms with Gasteiger partial charge in [0.15, 0.2) is 0 Å². The van der Waals surface area contributed by atoms with E-state index in [1.165, 1.54) is 0 Å². The van der Waals surface area contributed by atoms with E-state index in [2.05, 4.69) is 26.6 Å². The molecule has 2 rings (SSSR count). The van der Waals surface area contributed by atoms with Crippen LogP contribution in [-0.4, -0.2) is 26.1 Å². The Hall–Kier alpha value is -1.07. The number of amides is 1. The minimum Gasteiger partial charge on any atom is -0.497 e. The second kappa shape index (κ2) is 5.92. The summed E-state index contributed by atoms with van der Waals surface area (Å²) < 4.78 is 6.08. The van der Waals surface area contributed by atoms with E-state index in [9.17, 15) is 4.79 Å².